The number of nitrogens with zero attached hydrogens (tertiary/aromatic N) is 5. The molecule has 5 aromatic rings. The number of halogens is 5. The van der Waals surface area contributed by atoms with Gasteiger partial charge in [0.2, 0.25) is 17.7 Å². The molecule has 15 nitrogen and oxygen atoms in total. The number of anilines is 1. The third-order valence-corrected chi connectivity index (χ3v) is 17.2. The maximum atomic E-state index is 16.5. The third kappa shape index (κ3) is 9.76. The number of aliphatic hydroxyl groups excluding tert-OH is 1. The van der Waals surface area contributed by atoms with E-state index in [1.165, 1.54) is 33.8 Å². The molecule has 4 aliphatic heterocycles. The second-order valence-electron chi connectivity index (χ2n) is 21.3. The number of aryl methyl sites for hydroxylation is 1. The van der Waals surface area contributed by atoms with Gasteiger partial charge in [0.15, 0.2) is 28.8 Å². The van der Waals surface area contributed by atoms with E-state index >= 15 is 17.6 Å². The van der Waals surface area contributed by atoms with E-state index in [2.05, 4.69) is 27.6 Å². The molecule has 0 bridgehead atoms. The molecule has 1 aromatic heterocycles. The van der Waals surface area contributed by atoms with Crippen LogP contribution in [0.4, 0.5) is 28.2 Å². The number of fused-ring (bicyclic) bond motifs is 2. The number of nitrogens with one attached hydrogen (secondary N) is 2. The SMILES string of the molecule is C[C@@H]1C[C@H](C(=O)N2CCC(CN3CCC(c4c(F)cc5c(N6CCC(=O)NC6=O)nn(C)c5c4F)CC3)CC2)CC[C@@H]1NC[C@]1(c2ccccc2)Oc2cc(F)c(Cl)c(-c3c(C(N)=O)ccc(OCCO)c3F)c2[C@@H]1C. The van der Waals surface area contributed by atoms with E-state index in [0.717, 1.165) is 31.4 Å². The number of piperidine rings is 2. The average molecular weight is 1070 g/mol. The number of nitrogens with two attached hydrogens (primary N) is 1. The molecule has 5 N–H and O–H groups in total. The van der Waals surface area contributed by atoms with Gasteiger partial charge in [-0.25, -0.2) is 22.4 Å². The number of aliphatic hydroxyl groups is 1. The quantitative estimate of drug-likeness (QED) is 0.0790. The van der Waals surface area contributed by atoms with Crippen molar-refractivity contribution in [2.45, 2.75) is 88.7 Å². The number of carbonyl (C=O) groups is 4. The van der Waals surface area contributed by atoms with E-state index < -0.39 is 64.3 Å². The predicted octanol–water partition coefficient (Wildman–Crippen LogP) is 8.27. The van der Waals surface area contributed by atoms with E-state index in [4.69, 9.17) is 26.8 Å². The number of amides is 5. The summed E-state index contributed by atoms with van der Waals surface area (Å²) in [5.74, 6) is -5.01. The first-order valence-electron chi connectivity index (χ1n) is 26.3. The highest BCUT2D eigenvalue weighted by Crippen LogP contribution is 2.57. The molecular weight excluding hydrogens is 1010 g/mol. The molecule has 20 heteroatoms. The van der Waals surface area contributed by atoms with E-state index in [1.807, 2.05) is 42.2 Å². The first kappa shape index (κ1) is 53.1. The van der Waals surface area contributed by atoms with Crippen LogP contribution < -0.4 is 30.7 Å². The summed E-state index contributed by atoms with van der Waals surface area (Å²) in [4.78, 5) is 56.8. The number of ether oxygens (including phenoxy) is 2. The van der Waals surface area contributed by atoms with Crippen molar-refractivity contribution in [3.05, 3.63) is 105 Å². The Bertz CT molecular complexity index is 3080. The Morgan fingerprint density at radius 3 is 2.34 bits per heavy atom. The highest BCUT2D eigenvalue weighted by atomic mass is 35.5. The number of hydrogen-bond donors (Lipinski definition) is 4. The van der Waals surface area contributed by atoms with Crippen LogP contribution in [-0.2, 0) is 22.2 Å². The Kier molecular flexibility index (Phi) is 15.1. The lowest BCUT2D eigenvalue weighted by Gasteiger charge is -2.41. The maximum Gasteiger partial charge on any atom is 0.329 e. The fourth-order valence-corrected chi connectivity index (χ4v) is 13.0. The van der Waals surface area contributed by atoms with Gasteiger partial charge < -0.3 is 35.4 Å². The first-order valence-corrected chi connectivity index (χ1v) is 26.7. The van der Waals surface area contributed by atoms with Crippen LogP contribution >= 0.6 is 11.6 Å². The molecule has 5 amide bonds. The van der Waals surface area contributed by atoms with Gasteiger partial charge in [0.05, 0.1) is 22.6 Å². The van der Waals surface area contributed by atoms with Gasteiger partial charge in [-0.15, -0.1) is 0 Å². The number of carbonyl (C=O) groups excluding carboxylic acids is 4. The standard InChI is InChI=1S/C56H63ClF4N8O7/c1-30-25-34(54(73)68-20-13-32(14-21-68)28-67-18-15-33(16-19-67)45-38(58)26-37-51(50(45)61)66(3)65-53(37)69-22-17-43(71)64-55(69)74)9-11-40(30)63-29-56(35-7-5-4-6-8-35)31(2)44-42(76-56)27-39(59)48(57)47(44)46-36(52(62)72)10-12-41(49(46)60)75-24-23-70/h4-8,10,12,26-27,30-34,40,63,70H,9,11,13-25,28-29H2,1-3H3,(H2,62,72)(H,64,71,74)/t30-,31+,34-,40+,56+/m1/s1. The van der Waals surface area contributed by atoms with E-state index in [9.17, 15) is 24.3 Å². The minimum absolute atomic E-state index is 0.000155. The molecule has 5 heterocycles. The Morgan fingerprint density at radius 1 is 0.921 bits per heavy atom. The topological polar surface area (TPSA) is 185 Å². The van der Waals surface area contributed by atoms with Gasteiger partial charge in [-0.2, -0.15) is 5.10 Å². The van der Waals surface area contributed by atoms with E-state index in [-0.39, 0.29) is 106 Å². The second-order valence-corrected chi connectivity index (χ2v) is 21.7. The van der Waals surface area contributed by atoms with Crippen LogP contribution in [0.5, 0.6) is 11.5 Å². The zero-order valence-corrected chi connectivity index (χ0v) is 43.5. The van der Waals surface area contributed by atoms with Crippen molar-refractivity contribution >= 4 is 52.1 Å². The van der Waals surface area contributed by atoms with Crippen molar-refractivity contribution in [1.82, 2.24) is 30.2 Å². The summed E-state index contributed by atoms with van der Waals surface area (Å²) in [5.41, 5.74) is 5.31. The molecule has 5 atom stereocenters. The Morgan fingerprint density at radius 2 is 1.66 bits per heavy atom. The lowest BCUT2D eigenvalue weighted by molar-refractivity contribution is -0.138. The second kappa shape index (κ2) is 21.6. The fourth-order valence-electron chi connectivity index (χ4n) is 12.8. The molecule has 76 heavy (non-hydrogen) atoms. The summed E-state index contributed by atoms with van der Waals surface area (Å²) in [6.07, 6.45) is 5.04. The van der Waals surface area contributed by atoms with Gasteiger partial charge in [-0.1, -0.05) is 55.8 Å². The van der Waals surface area contributed by atoms with Gasteiger partial charge in [0, 0.05) is 92.4 Å². The number of benzene rings is 4. The van der Waals surface area contributed by atoms with Crippen LogP contribution in [-0.4, -0.2) is 114 Å². The van der Waals surface area contributed by atoms with Crippen LogP contribution in [0.25, 0.3) is 22.0 Å². The molecule has 4 aromatic carbocycles. The third-order valence-electron chi connectivity index (χ3n) is 16.8. The zero-order chi connectivity index (χ0) is 53.7. The van der Waals surface area contributed by atoms with Gasteiger partial charge >= 0.3 is 6.03 Å². The van der Waals surface area contributed by atoms with Crippen molar-refractivity contribution in [2.24, 2.45) is 30.5 Å². The van der Waals surface area contributed by atoms with E-state index in [1.54, 1.807) is 7.05 Å². The number of hydrogen-bond acceptors (Lipinski definition) is 10. The minimum atomic E-state index is -1.15. The van der Waals surface area contributed by atoms with Gasteiger partial charge in [0.25, 0.3) is 0 Å². The Labute approximate surface area is 443 Å². The monoisotopic (exact) mass is 1070 g/mol. The highest BCUT2D eigenvalue weighted by Gasteiger charge is 2.51. The molecule has 404 valence electrons. The van der Waals surface area contributed by atoms with Gasteiger partial charge in [-0.05, 0) is 99.6 Å². The maximum absolute atomic E-state index is 16.5. The highest BCUT2D eigenvalue weighted by molar-refractivity contribution is 6.34. The number of urea groups is 1. The van der Waals surface area contributed by atoms with Crippen LogP contribution in [0, 0.1) is 41.0 Å². The average Bonchev–Trinajstić information content (AvgIpc) is 3.88. The summed E-state index contributed by atoms with van der Waals surface area (Å²) < 4.78 is 78.2. The lowest BCUT2D eigenvalue weighted by atomic mass is 9.75. The molecule has 1 saturated carbocycles. The van der Waals surface area contributed by atoms with Crippen molar-refractivity contribution in [2.75, 3.05) is 63.9 Å². The molecular formula is C56H63ClF4N8O7. The predicted molar refractivity (Wildman–Crippen MR) is 277 cm³/mol. The van der Waals surface area contributed by atoms with Crippen molar-refractivity contribution in [3.8, 4) is 22.6 Å². The number of rotatable bonds is 14. The van der Waals surface area contributed by atoms with Crippen LogP contribution in [0.2, 0.25) is 5.02 Å². The molecule has 0 radical (unpaired) electrons. The number of likely N-dealkylation sites (tertiary alicyclic amines) is 2. The Balaban J connectivity index is 0.751. The van der Waals surface area contributed by atoms with Crippen LogP contribution in [0.1, 0.15) is 104 Å². The van der Waals surface area contributed by atoms with Crippen molar-refractivity contribution < 1.29 is 51.3 Å². The van der Waals surface area contributed by atoms with Crippen LogP contribution in [0.3, 0.4) is 0 Å². The first-order chi connectivity index (χ1) is 36.5. The lowest BCUT2D eigenvalue weighted by Crippen LogP contribution is -2.51. The van der Waals surface area contributed by atoms with Crippen LogP contribution in [0.15, 0.2) is 54.6 Å². The summed E-state index contributed by atoms with van der Waals surface area (Å²) in [5, 5.41) is 19.5. The summed E-state index contributed by atoms with van der Waals surface area (Å²) in [6, 6.07) is 13.8. The van der Waals surface area contributed by atoms with Crippen molar-refractivity contribution in [1.29, 1.82) is 0 Å². The molecule has 1 aliphatic carbocycles. The van der Waals surface area contributed by atoms with Gasteiger partial charge in [-0.3, -0.25) is 29.3 Å². The minimum Gasteiger partial charge on any atom is -0.488 e. The molecule has 3 saturated heterocycles. The largest absolute Gasteiger partial charge is 0.488 e. The number of imide groups is 1. The molecule has 4 fully saturated rings. The molecule has 0 spiro atoms. The smallest absolute Gasteiger partial charge is 0.329 e. The summed E-state index contributed by atoms with van der Waals surface area (Å²) >= 11 is 6.74. The molecule has 10 rings (SSSR count). The normalized spacial score (nSPS) is 23.7. The fraction of sp³-hybridized carbons (Fsp3) is 0.482. The zero-order valence-electron chi connectivity index (χ0n) is 42.8. The summed E-state index contributed by atoms with van der Waals surface area (Å²) in [6.45, 7) is 7.27. The van der Waals surface area contributed by atoms with Gasteiger partial charge in [0.1, 0.15) is 29.5 Å². The summed E-state index contributed by atoms with van der Waals surface area (Å²) in [7, 11) is 1.56. The van der Waals surface area contributed by atoms with Crippen molar-refractivity contribution in [3.63, 3.8) is 0 Å². The number of aromatic nitrogens is 2. The van der Waals surface area contributed by atoms with E-state index in [0.29, 0.717) is 63.3 Å². The molecule has 0 unspecified atom stereocenters. The number of primary amides is 1. The molecule has 5 aliphatic rings. The Hall–Kier alpha value is -6.28.